The highest BCUT2D eigenvalue weighted by Crippen LogP contribution is 2.30. The average Bonchev–Trinajstić information content (AvgIpc) is 2.49. The van der Waals surface area contributed by atoms with Gasteiger partial charge in [0.05, 0.1) is 16.8 Å². The molecule has 0 bridgehead atoms. The molecule has 21 heavy (non-hydrogen) atoms. The number of nitrogens with zero attached hydrogens (tertiary/aromatic N) is 1. The maximum Gasteiger partial charge on any atom is 0.0642 e. The molecule has 1 aliphatic rings. The first kappa shape index (κ1) is 16.6. The summed E-state index contributed by atoms with van der Waals surface area (Å²) < 4.78 is 5.70. The molecule has 0 saturated carbocycles. The fraction of sp³-hybridized carbons (Fsp3) is 0.647. The van der Waals surface area contributed by atoms with E-state index in [-0.39, 0.29) is 6.04 Å². The monoisotopic (exact) mass is 310 g/mol. The van der Waals surface area contributed by atoms with Crippen LogP contribution in [0.3, 0.4) is 0 Å². The van der Waals surface area contributed by atoms with Crippen molar-refractivity contribution >= 4 is 17.3 Å². The third-order valence-corrected chi connectivity index (χ3v) is 4.52. The Balaban J connectivity index is 1.98. The normalized spacial score (nSPS) is 18.0. The van der Waals surface area contributed by atoms with Gasteiger partial charge in [0.2, 0.25) is 0 Å². The second kappa shape index (κ2) is 8.02. The Morgan fingerprint density at radius 3 is 2.62 bits per heavy atom. The predicted octanol–water partition coefficient (Wildman–Crippen LogP) is 3.63. The van der Waals surface area contributed by atoms with E-state index in [1.807, 2.05) is 0 Å². The maximum atomic E-state index is 6.47. The number of benzene rings is 1. The lowest BCUT2D eigenvalue weighted by molar-refractivity contribution is 0.0459. The molecule has 2 N–H and O–H groups in total. The lowest BCUT2D eigenvalue weighted by Gasteiger charge is -2.34. The SMILES string of the molecule is CCOC1CCN(c2ccc(CC(N)CC)cc2Cl)CC1. The van der Waals surface area contributed by atoms with Crippen molar-refractivity contribution in [2.24, 2.45) is 5.73 Å². The van der Waals surface area contributed by atoms with Crippen LogP contribution in [0.4, 0.5) is 5.69 Å². The van der Waals surface area contributed by atoms with Gasteiger partial charge in [0.25, 0.3) is 0 Å². The van der Waals surface area contributed by atoms with Crippen LogP contribution in [0.2, 0.25) is 5.02 Å². The molecule has 0 spiro atoms. The van der Waals surface area contributed by atoms with Crippen LogP contribution in [0.15, 0.2) is 18.2 Å². The van der Waals surface area contributed by atoms with E-state index in [0.717, 1.165) is 56.1 Å². The smallest absolute Gasteiger partial charge is 0.0642 e. The van der Waals surface area contributed by atoms with Gasteiger partial charge >= 0.3 is 0 Å². The van der Waals surface area contributed by atoms with Gasteiger partial charge in [0.15, 0.2) is 0 Å². The van der Waals surface area contributed by atoms with Crippen molar-refractivity contribution in [1.82, 2.24) is 0 Å². The van der Waals surface area contributed by atoms with Crippen LogP contribution in [0.5, 0.6) is 0 Å². The first-order valence-corrected chi connectivity index (χ1v) is 8.42. The van der Waals surface area contributed by atoms with Gasteiger partial charge in [-0.15, -0.1) is 0 Å². The maximum absolute atomic E-state index is 6.47. The highest BCUT2D eigenvalue weighted by atomic mass is 35.5. The van der Waals surface area contributed by atoms with Crippen molar-refractivity contribution in [3.63, 3.8) is 0 Å². The van der Waals surface area contributed by atoms with E-state index in [2.05, 4.69) is 36.9 Å². The molecular weight excluding hydrogens is 284 g/mol. The van der Waals surface area contributed by atoms with Gasteiger partial charge in [-0.2, -0.15) is 0 Å². The first-order chi connectivity index (χ1) is 10.1. The minimum absolute atomic E-state index is 0.217. The van der Waals surface area contributed by atoms with E-state index in [1.54, 1.807) is 0 Å². The molecule has 1 aromatic carbocycles. The number of hydrogen-bond donors (Lipinski definition) is 1. The quantitative estimate of drug-likeness (QED) is 0.872. The Bertz CT molecular complexity index is 444. The van der Waals surface area contributed by atoms with Crippen LogP contribution in [0.1, 0.15) is 38.7 Å². The first-order valence-electron chi connectivity index (χ1n) is 8.04. The topological polar surface area (TPSA) is 38.5 Å². The van der Waals surface area contributed by atoms with Crippen molar-refractivity contribution in [1.29, 1.82) is 0 Å². The number of ether oxygens (including phenoxy) is 1. The molecule has 1 aliphatic heterocycles. The van der Waals surface area contributed by atoms with Gasteiger partial charge in [-0.1, -0.05) is 24.6 Å². The average molecular weight is 311 g/mol. The fourth-order valence-electron chi connectivity index (χ4n) is 2.88. The lowest BCUT2D eigenvalue weighted by atomic mass is 10.0. The number of halogens is 1. The Labute approximate surface area is 133 Å². The van der Waals surface area contributed by atoms with Crippen molar-refractivity contribution in [3.8, 4) is 0 Å². The third kappa shape index (κ3) is 4.60. The van der Waals surface area contributed by atoms with E-state index in [1.165, 1.54) is 5.56 Å². The zero-order valence-corrected chi connectivity index (χ0v) is 13.9. The fourth-order valence-corrected chi connectivity index (χ4v) is 3.20. The summed E-state index contributed by atoms with van der Waals surface area (Å²) >= 11 is 6.47. The van der Waals surface area contributed by atoms with E-state index in [0.29, 0.717) is 6.10 Å². The van der Waals surface area contributed by atoms with E-state index in [9.17, 15) is 0 Å². The number of piperidine rings is 1. The summed E-state index contributed by atoms with van der Waals surface area (Å²) in [5.41, 5.74) is 8.38. The van der Waals surface area contributed by atoms with Crippen molar-refractivity contribution in [2.75, 3.05) is 24.6 Å². The molecule has 0 amide bonds. The zero-order chi connectivity index (χ0) is 15.2. The number of rotatable bonds is 6. The van der Waals surface area contributed by atoms with E-state index >= 15 is 0 Å². The van der Waals surface area contributed by atoms with E-state index < -0.39 is 0 Å². The van der Waals surface area contributed by atoms with Crippen LogP contribution < -0.4 is 10.6 Å². The number of hydrogen-bond acceptors (Lipinski definition) is 3. The molecular formula is C17H27ClN2O. The Morgan fingerprint density at radius 1 is 1.33 bits per heavy atom. The highest BCUT2D eigenvalue weighted by Gasteiger charge is 2.21. The summed E-state index contributed by atoms with van der Waals surface area (Å²) in [7, 11) is 0. The third-order valence-electron chi connectivity index (χ3n) is 4.22. The molecule has 118 valence electrons. The molecule has 3 nitrogen and oxygen atoms in total. The van der Waals surface area contributed by atoms with Crippen LogP contribution in [0, 0.1) is 0 Å². The minimum atomic E-state index is 0.217. The summed E-state index contributed by atoms with van der Waals surface area (Å²) in [6.07, 6.45) is 4.44. The number of nitrogens with two attached hydrogens (primary N) is 1. The minimum Gasteiger partial charge on any atom is -0.378 e. The number of anilines is 1. The molecule has 1 heterocycles. The molecule has 4 heteroatoms. The summed E-state index contributed by atoms with van der Waals surface area (Å²) in [5.74, 6) is 0. The van der Waals surface area contributed by atoms with Gasteiger partial charge in [-0.05, 0) is 50.3 Å². The van der Waals surface area contributed by atoms with Gasteiger partial charge in [-0.25, -0.2) is 0 Å². The van der Waals surface area contributed by atoms with Crippen LogP contribution in [-0.4, -0.2) is 31.8 Å². The van der Waals surface area contributed by atoms with Crippen molar-refractivity contribution in [2.45, 2.75) is 51.7 Å². The second-order valence-corrected chi connectivity index (χ2v) is 6.21. The van der Waals surface area contributed by atoms with Gasteiger partial charge in [-0.3, -0.25) is 0 Å². The second-order valence-electron chi connectivity index (χ2n) is 5.80. The Kier molecular flexibility index (Phi) is 6.34. The predicted molar refractivity (Wildman–Crippen MR) is 90.3 cm³/mol. The zero-order valence-electron chi connectivity index (χ0n) is 13.1. The molecule has 1 fully saturated rings. The Morgan fingerprint density at radius 2 is 2.05 bits per heavy atom. The summed E-state index contributed by atoms with van der Waals surface area (Å²) in [6, 6.07) is 6.59. The Hall–Kier alpha value is -0.770. The molecule has 1 aromatic rings. The molecule has 2 rings (SSSR count). The largest absolute Gasteiger partial charge is 0.378 e. The van der Waals surface area contributed by atoms with Crippen LogP contribution in [0.25, 0.3) is 0 Å². The molecule has 1 unspecified atom stereocenters. The lowest BCUT2D eigenvalue weighted by Crippen LogP contribution is -2.37. The summed E-state index contributed by atoms with van der Waals surface area (Å²) in [5, 5.41) is 0.839. The van der Waals surface area contributed by atoms with Crippen LogP contribution in [-0.2, 0) is 11.2 Å². The molecule has 1 saturated heterocycles. The molecule has 1 atom stereocenters. The van der Waals surface area contributed by atoms with Crippen molar-refractivity contribution < 1.29 is 4.74 Å². The molecule has 0 aromatic heterocycles. The van der Waals surface area contributed by atoms with Gasteiger partial charge < -0.3 is 15.4 Å². The molecule has 0 radical (unpaired) electrons. The molecule has 0 aliphatic carbocycles. The summed E-state index contributed by atoms with van der Waals surface area (Å²) in [4.78, 5) is 2.36. The van der Waals surface area contributed by atoms with Gasteiger partial charge in [0.1, 0.15) is 0 Å². The van der Waals surface area contributed by atoms with Crippen molar-refractivity contribution in [3.05, 3.63) is 28.8 Å². The van der Waals surface area contributed by atoms with Gasteiger partial charge in [0, 0.05) is 25.7 Å². The standard InChI is InChI=1S/C17H27ClN2O/c1-3-14(19)11-13-5-6-17(16(18)12-13)20-9-7-15(8-10-20)21-4-2/h5-6,12,14-15H,3-4,7-11,19H2,1-2H3. The van der Waals surface area contributed by atoms with Crippen LogP contribution >= 0.6 is 11.6 Å². The highest BCUT2D eigenvalue weighted by molar-refractivity contribution is 6.33. The summed E-state index contributed by atoms with van der Waals surface area (Å²) in [6.45, 7) is 7.00. The van der Waals surface area contributed by atoms with E-state index in [4.69, 9.17) is 22.1 Å².